The average molecular weight is 130 g/mol. The van der Waals surface area contributed by atoms with Crippen molar-refractivity contribution in [1.29, 1.82) is 0 Å². The predicted octanol–water partition coefficient (Wildman–Crippen LogP) is 1.71. The maximum atomic E-state index is 12.5. The first-order valence-electron chi connectivity index (χ1n) is 3.44. The van der Waals surface area contributed by atoms with Gasteiger partial charge in [0.15, 0.2) is 12.5 Å². The molecule has 0 saturated heterocycles. The van der Waals surface area contributed by atoms with Gasteiger partial charge in [-0.3, -0.25) is 0 Å². The topological polar surface area (TPSA) is 17.1 Å². The highest BCUT2D eigenvalue weighted by Gasteiger charge is 2.23. The normalized spacial score (nSPS) is 24.1. The van der Waals surface area contributed by atoms with Gasteiger partial charge in [0.2, 0.25) is 0 Å². The number of aldehydes is 1. The van der Waals surface area contributed by atoms with E-state index in [1.165, 1.54) is 0 Å². The van der Waals surface area contributed by atoms with Crippen LogP contribution in [0.1, 0.15) is 25.7 Å². The Morgan fingerprint density at radius 2 is 2.00 bits per heavy atom. The number of alkyl halides is 1. The van der Waals surface area contributed by atoms with Crippen molar-refractivity contribution in [3.63, 3.8) is 0 Å². The summed E-state index contributed by atoms with van der Waals surface area (Å²) in [6.07, 6.45) is 3.24. The molecule has 1 unspecified atom stereocenters. The summed E-state index contributed by atoms with van der Waals surface area (Å²) in [6.45, 7) is 0. The van der Waals surface area contributed by atoms with Gasteiger partial charge < -0.3 is 4.79 Å². The molecule has 9 heavy (non-hydrogen) atoms. The van der Waals surface area contributed by atoms with E-state index in [9.17, 15) is 9.18 Å². The van der Waals surface area contributed by atoms with E-state index in [2.05, 4.69) is 0 Å². The third-order valence-electron chi connectivity index (χ3n) is 1.98. The van der Waals surface area contributed by atoms with Gasteiger partial charge in [-0.25, -0.2) is 4.39 Å². The molecule has 0 aromatic carbocycles. The molecule has 1 nitrogen and oxygen atoms in total. The summed E-state index contributed by atoms with van der Waals surface area (Å²) in [5, 5.41) is 0. The van der Waals surface area contributed by atoms with Gasteiger partial charge in [0.25, 0.3) is 0 Å². The van der Waals surface area contributed by atoms with Crippen molar-refractivity contribution >= 4 is 6.29 Å². The van der Waals surface area contributed by atoms with E-state index >= 15 is 0 Å². The second-order valence-corrected chi connectivity index (χ2v) is 2.63. The van der Waals surface area contributed by atoms with E-state index in [0.717, 1.165) is 25.7 Å². The zero-order valence-electron chi connectivity index (χ0n) is 5.35. The zero-order chi connectivity index (χ0) is 6.69. The molecule has 1 fully saturated rings. The maximum Gasteiger partial charge on any atom is 0.158 e. The fourth-order valence-corrected chi connectivity index (χ4v) is 1.39. The molecule has 0 aliphatic heterocycles. The van der Waals surface area contributed by atoms with Crippen molar-refractivity contribution in [1.82, 2.24) is 0 Å². The molecule has 0 heterocycles. The van der Waals surface area contributed by atoms with E-state index in [1.54, 1.807) is 0 Å². The summed E-state index contributed by atoms with van der Waals surface area (Å²) in [7, 11) is 0. The molecular weight excluding hydrogens is 119 g/mol. The lowest BCUT2D eigenvalue weighted by Crippen LogP contribution is -2.13. The highest BCUT2D eigenvalue weighted by molar-refractivity contribution is 5.56. The van der Waals surface area contributed by atoms with Crippen LogP contribution in [0, 0.1) is 5.92 Å². The molecule has 2 heteroatoms. The molecule has 0 amide bonds. The molecule has 0 aromatic heterocycles. The minimum Gasteiger partial charge on any atom is -0.300 e. The third kappa shape index (κ3) is 1.50. The molecule has 1 aliphatic rings. The molecule has 0 bridgehead atoms. The second-order valence-electron chi connectivity index (χ2n) is 2.63. The van der Waals surface area contributed by atoms with Crippen LogP contribution in [0.2, 0.25) is 0 Å². The standard InChI is InChI=1S/C7H11FO/c8-7(5-9)6-3-1-2-4-6/h5-7H,1-4H2. The molecule has 0 aromatic rings. The third-order valence-corrected chi connectivity index (χ3v) is 1.98. The van der Waals surface area contributed by atoms with E-state index in [-0.39, 0.29) is 5.92 Å². The van der Waals surface area contributed by atoms with Crippen molar-refractivity contribution in [3.05, 3.63) is 0 Å². The van der Waals surface area contributed by atoms with E-state index in [4.69, 9.17) is 0 Å². The quantitative estimate of drug-likeness (QED) is 0.520. The summed E-state index contributed by atoms with van der Waals surface area (Å²) in [4.78, 5) is 9.92. The van der Waals surface area contributed by atoms with Crippen LogP contribution in [0.5, 0.6) is 0 Å². The van der Waals surface area contributed by atoms with Gasteiger partial charge in [-0.15, -0.1) is 0 Å². The van der Waals surface area contributed by atoms with Crippen LogP contribution in [-0.2, 0) is 4.79 Å². The summed E-state index contributed by atoms with van der Waals surface area (Å²) in [5.74, 6) is 0.0440. The number of hydrogen-bond acceptors (Lipinski definition) is 1. The van der Waals surface area contributed by atoms with Crippen LogP contribution in [-0.4, -0.2) is 12.5 Å². The fraction of sp³-hybridized carbons (Fsp3) is 0.857. The van der Waals surface area contributed by atoms with Gasteiger partial charge in [-0.1, -0.05) is 12.8 Å². The van der Waals surface area contributed by atoms with Gasteiger partial charge >= 0.3 is 0 Å². The summed E-state index contributed by atoms with van der Waals surface area (Å²) < 4.78 is 12.5. The average Bonchev–Trinajstić information content (AvgIpc) is 2.37. The SMILES string of the molecule is O=CC(F)C1CCCC1. The molecule has 1 aliphatic carbocycles. The first-order valence-corrected chi connectivity index (χ1v) is 3.44. The minimum absolute atomic E-state index is 0.0440. The number of hydrogen-bond donors (Lipinski definition) is 0. The van der Waals surface area contributed by atoms with Gasteiger partial charge in [0.1, 0.15) is 0 Å². The zero-order valence-corrected chi connectivity index (χ0v) is 5.35. The second kappa shape index (κ2) is 2.95. The Hall–Kier alpha value is -0.400. The minimum atomic E-state index is -1.19. The maximum absolute atomic E-state index is 12.5. The van der Waals surface area contributed by atoms with Gasteiger partial charge in [0, 0.05) is 0 Å². The summed E-state index contributed by atoms with van der Waals surface area (Å²) in [5.41, 5.74) is 0. The molecule has 52 valence electrons. The van der Waals surface area contributed by atoms with Crippen LogP contribution in [0.15, 0.2) is 0 Å². The van der Waals surface area contributed by atoms with Crippen molar-refractivity contribution in [3.8, 4) is 0 Å². The Kier molecular flexibility index (Phi) is 2.20. The predicted molar refractivity (Wildman–Crippen MR) is 32.9 cm³/mol. The molecule has 1 atom stereocenters. The lowest BCUT2D eigenvalue weighted by molar-refractivity contribution is -0.113. The van der Waals surface area contributed by atoms with Crippen molar-refractivity contribution in [2.24, 2.45) is 5.92 Å². The Morgan fingerprint density at radius 3 is 2.44 bits per heavy atom. The highest BCUT2D eigenvalue weighted by Crippen LogP contribution is 2.28. The Bertz CT molecular complexity index is 97.1. The van der Waals surface area contributed by atoms with Gasteiger partial charge in [-0.2, -0.15) is 0 Å². The Balaban J connectivity index is 2.32. The Morgan fingerprint density at radius 1 is 1.44 bits per heavy atom. The number of halogens is 1. The number of carbonyl (C=O) groups is 1. The fourth-order valence-electron chi connectivity index (χ4n) is 1.39. The molecule has 0 spiro atoms. The number of rotatable bonds is 2. The molecule has 0 radical (unpaired) electrons. The number of carbonyl (C=O) groups excluding carboxylic acids is 1. The van der Waals surface area contributed by atoms with Crippen molar-refractivity contribution in [2.75, 3.05) is 0 Å². The monoisotopic (exact) mass is 130 g/mol. The van der Waals surface area contributed by atoms with Gasteiger partial charge in [-0.05, 0) is 18.8 Å². The molecular formula is C7H11FO. The van der Waals surface area contributed by atoms with Gasteiger partial charge in [0.05, 0.1) is 0 Å². The van der Waals surface area contributed by atoms with Crippen molar-refractivity contribution in [2.45, 2.75) is 31.9 Å². The van der Waals surface area contributed by atoms with Crippen LogP contribution in [0.25, 0.3) is 0 Å². The Labute approximate surface area is 54.3 Å². The first kappa shape index (κ1) is 6.72. The molecule has 0 N–H and O–H groups in total. The largest absolute Gasteiger partial charge is 0.300 e. The molecule has 1 rings (SSSR count). The smallest absolute Gasteiger partial charge is 0.158 e. The van der Waals surface area contributed by atoms with Crippen molar-refractivity contribution < 1.29 is 9.18 Å². The lowest BCUT2D eigenvalue weighted by atomic mass is 10.0. The van der Waals surface area contributed by atoms with E-state index in [0.29, 0.717) is 6.29 Å². The van der Waals surface area contributed by atoms with Crippen LogP contribution in [0.4, 0.5) is 4.39 Å². The van der Waals surface area contributed by atoms with Crippen LogP contribution >= 0.6 is 0 Å². The summed E-state index contributed by atoms with van der Waals surface area (Å²) in [6, 6.07) is 0. The van der Waals surface area contributed by atoms with E-state index in [1.807, 2.05) is 0 Å². The van der Waals surface area contributed by atoms with E-state index < -0.39 is 6.17 Å². The van der Waals surface area contributed by atoms with Crippen LogP contribution in [0.3, 0.4) is 0 Å². The highest BCUT2D eigenvalue weighted by atomic mass is 19.1. The first-order chi connectivity index (χ1) is 4.34. The molecule has 1 saturated carbocycles. The summed E-state index contributed by atoms with van der Waals surface area (Å²) >= 11 is 0. The lowest BCUT2D eigenvalue weighted by Gasteiger charge is -2.06. The van der Waals surface area contributed by atoms with Crippen LogP contribution < -0.4 is 0 Å².